The molecule has 107 heavy (non-hydrogen) atoms. The molecule has 1 aliphatic carbocycles. The third-order valence-corrected chi connectivity index (χ3v) is 20.2. The van der Waals surface area contributed by atoms with Gasteiger partial charge in [0.1, 0.15) is 29.9 Å². The second-order valence-corrected chi connectivity index (χ2v) is 31.4. The maximum atomic E-state index is 14.1. The first-order valence-corrected chi connectivity index (χ1v) is 39.7. The number of aliphatic carboxylic acids is 3. The Morgan fingerprint density at radius 3 is 2.01 bits per heavy atom. The molecule has 2 heterocycles. The molecule has 33 nitrogen and oxygen atoms in total. The fourth-order valence-electron chi connectivity index (χ4n) is 12.5. The summed E-state index contributed by atoms with van der Waals surface area (Å²) in [4.78, 5) is 110. The Balaban J connectivity index is 0.00000331. The van der Waals surface area contributed by atoms with Gasteiger partial charge in [-0.2, -0.15) is 31.0 Å². The molecule has 3 amide bonds. The number of nitrogens with one attached hydrogen (secondary N) is 3. The average molecular weight is 1570 g/mol. The first kappa shape index (κ1) is 89.8. The zero-order valence-corrected chi connectivity index (χ0v) is 62.9. The van der Waals surface area contributed by atoms with E-state index in [9.17, 15) is 82.7 Å². The lowest BCUT2D eigenvalue weighted by molar-refractivity contribution is -0.438. The van der Waals surface area contributed by atoms with Crippen molar-refractivity contribution in [3.05, 3.63) is 130 Å². The average Bonchev–Trinajstić information content (AvgIpc) is 1.60. The summed E-state index contributed by atoms with van der Waals surface area (Å²) < 4.78 is 137. The van der Waals surface area contributed by atoms with E-state index in [1.54, 1.807) is 30.3 Å². The number of aliphatic imine (C=N–C) groups is 1. The van der Waals surface area contributed by atoms with Crippen LogP contribution < -0.4 is 37.1 Å². The van der Waals surface area contributed by atoms with Gasteiger partial charge in [0.2, 0.25) is 11.6 Å². The Bertz CT molecular complexity index is 4420. The van der Waals surface area contributed by atoms with E-state index in [2.05, 4.69) is 39.4 Å². The van der Waals surface area contributed by atoms with Crippen molar-refractivity contribution in [2.75, 3.05) is 42.6 Å². The molecule has 3 aromatic rings. The van der Waals surface area contributed by atoms with Crippen LogP contribution in [0.2, 0.25) is 0 Å². The number of carboxylic acid groups (broad SMARTS) is 3. The number of fused-ring (bicyclic) bond motifs is 2. The Labute approximate surface area is 622 Å². The monoisotopic (exact) mass is 1570 g/mol. The van der Waals surface area contributed by atoms with Crippen molar-refractivity contribution in [2.45, 2.75) is 177 Å². The lowest BCUT2D eigenvalue weighted by atomic mass is 9.81. The van der Waals surface area contributed by atoms with Crippen LogP contribution in [-0.2, 0) is 96.6 Å². The maximum absolute atomic E-state index is 14.1. The second-order valence-electron chi connectivity index (χ2n) is 26.4. The van der Waals surface area contributed by atoms with E-state index in [1.807, 2.05) is 67.3 Å². The van der Waals surface area contributed by atoms with Gasteiger partial charge >= 0.3 is 40.7 Å². The minimum atomic E-state index is -4.62. The van der Waals surface area contributed by atoms with Crippen molar-refractivity contribution in [2.24, 2.45) is 22.4 Å². The number of Topliss-reactive ketones (excluding diaryl/α,β-unsaturated/α-hetero) is 2. The SMILES string of the molecule is CC1(C)C(/C=C/C2=C(Oc3ccc(C[C@H](CC(=O)[C@H](CCCN=C(N)N)NC(=O)CCCCC(=O)CC[C@H](NC(=O)NCCCC(=O)O)C(=O)O)C(=O)O)cc3)C(=C/C=C3/N(CCCCS(=O)(=O)O)c4ccc(S(=O)(=O)O)cc4C3(C)C)/CCC2)=[N+](CCCCS(=O)(=O)[O-])c2ccccc21.O=C=O.O=S(=O)=O. The number of hydrogen-bond acceptors (Lipinski definition) is 22. The number of nitrogens with zero attached hydrogens (tertiary/aromatic N) is 3. The van der Waals surface area contributed by atoms with E-state index >= 15 is 0 Å². The van der Waals surface area contributed by atoms with Gasteiger partial charge in [-0.05, 0) is 162 Å². The topological polar surface area (TPSA) is 547 Å². The van der Waals surface area contributed by atoms with Gasteiger partial charge in [-0.3, -0.25) is 38.1 Å². The zero-order valence-electron chi connectivity index (χ0n) is 59.6. The second kappa shape index (κ2) is 42.1. The highest BCUT2D eigenvalue weighted by Gasteiger charge is 2.45. The molecule has 586 valence electrons. The normalized spacial score (nSPS) is 16.0. The Morgan fingerprint density at radius 1 is 0.738 bits per heavy atom. The number of benzene rings is 3. The predicted molar refractivity (Wildman–Crippen MR) is 387 cm³/mol. The Hall–Kier alpha value is -9.62. The molecule has 0 bridgehead atoms. The van der Waals surface area contributed by atoms with Crippen molar-refractivity contribution in [3.8, 4) is 5.75 Å². The Morgan fingerprint density at radius 2 is 1.39 bits per heavy atom. The minimum Gasteiger partial charge on any atom is -0.748 e. The molecule has 0 fully saturated rings. The lowest BCUT2D eigenvalue weighted by Gasteiger charge is -2.27. The van der Waals surface area contributed by atoms with Gasteiger partial charge in [0, 0.05) is 98.4 Å². The highest BCUT2D eigenvalue weighted by molar-refractivity contribution is 7.86. The summed E-state index contributed by atoms with van der Waals surface area (Å²) in [5.41, 5.74) is 16.5. The van der Waals surface area contributed by atoms with Crippen LogP contribution >= 0.6 is 0 Å². The quantitative estimate of drug-likeness (QED) is 0.0108. The van der Waals surface area contributed by atoms with Crippen LogP contribution in [-0.4, -0.2) is 180 Å². The van der Waals surface area contributed by atoms with Gasteiger partial charge in [0.25, 0.3) is 20.2 Å². The number of anilines is 1. The number of hydrogen-bond donors (Lipinski definition) is 10. The van der Waals surface area contributed by atoms with Crippen LogP contribution in [0.1, 0.15) is 160 Å². The van der Waals surface area contributed by atoms with Crippen molar-refractivity contribution in [3.63, 3.8) is 0 Å². The first-order valence-electron chi connectivity index (χ1n) is 34.1. The maximum Gasteiger partial charge on any atom is 0.425 e. The molecular weight excluding hydrogens is 1480 g/mol. The molecule has 0 spiro atoms. The largest absolute Gasteiger partial charge is 0.748 e. The molecule has 0 saturated carbocycles. The van der Waals surface area contributed by atoms with Crippen LogP contribution in [0.4, 0.5) is 16.2 Å². The smallest absolute Gasteiger partial charge is 0.425 e. The van der Waals surface area contributed by atoms with Crippen molar-refractivity contribution in [1.82, 2.24) is 16.0 Å². The summed E-state index contributed by atoms with van der Waals surface area (Å²) in [6.45, 7) is 8.74. The summed E-state index contributed by atoms with van der Waals surface area (Å²) in [5, 5.41) is 36.3. The van der Waals surface area contributed by atoms with Crippen molar-refractivity contribution < 1.29 is 119 Å². The van der Waals surface area contributed by atoms with Crippen molar-refractivity contribution >= 4 is 112 Å². The number of carboxylic acids is 3. The third kappa shape index (κ3) is 30.3. The molecule has 37 heteroatoms. The van der Waals surface area contributed by atoms with Crippen LogP contribution in [0, 0.1) is 5.92 Å². The van der Waals surface area contributed by atoms with Gasteiger partial charge in [0.15, 0.2) is 17.5 Å². The van der Waals surface area contributed by atoms with Gasteiger partial charge in [-0.1, -0.05) is 50.3 Å². The number of amides is 3. The molecule has 12 N–H and O–H groups in total. The van der Waals surface area contributed by atoms with E-state index in [0.29, 0.717) is 72.7 Å². The van der Waals surface area contributed by atoms with Gasteiger partial charge < -0.3 is 56.9 Å². The fourth-order valence-corrected chi connectivity index (χ4v) is 14.1. The van der Waals surface area contributed by atoms with Crippen LogP contribution in [0.3, 0.4) is 0 Å². The van der Waals surface area contributed by atoms with E-state index in [0.717, 1.165) is 28.1 Å². The minimum absolute atomic E-state index is 0.00673. The zero-order chi connectivity index (χ0) is 80.0. The Kier molecular flexibility index (Phi) is 35.3. The van der Waals surface area contributed by atoms with Gasteiger partial charge in [0.05, 0.1) is 38.1 Å². The number of rotatable bonds is 41. The van der Waals surface area contributed by atoms with E-state index in [1.165, 1.54) is 12.1 Å². The predicted octanol–water partition coefficient (Wildman–Crippen LogP) is 5.66. The van der Waals surface area contributed by atoms with Gasteiger partial charge in [-0.25, -0.2) is 18.0 Å². The molecule has 6 rings (SSSR count). The molecular formula is C70H92N8O25S4. The summed E-state index contributed by atoms with van der Waals surface area (Å²) in [7, 11) is -16.4. The van der Waals surface area contributed by atoms with Crippen LogP contribution in [0.15, 0.2) is 124 Å². The molecule has 0 radical (unpaired) electrons. The molecule has 0 aromatic heterocycles. The molecule has 0 unspecified atom stereocenters. The number of ether oxygens (including phenoxy) is 1. The standard InChI is InChI=1S/C69H92N8O20S3.CO2.O3S/c1-68(2)52-19-6-7-21-56(52)76(38-9-11-40-98(88,89)90)59(68)34-26-46-16-13-17-47(27-35-60-69(3,4)53-44-51(100(94,95)96)31-33-57(53)77(60)39-10-12-41-99(91,92)93)63(46)97-50-29-24-45(25-30-50)42-48(64(83)84)43-58(79)54(20-14-36-72-66(70)71)74-61(80)22-8-5-18-49(78)28-32-55(65(85)86)75-67(87)73-37-15-23-62(81)82;2-1-3;1-4(2)3/h6-7,19,21,24-27,29-31,33-35,44,48,54-55H,5,8-18,20,22-23,28,32,36-43H2,1-4H3,(H12-,70,71,72,73,74,75,80,81,82,83,84,85,86,87,88,89,90,91,92,93,94,95,96);;/t48-,54+,55+;;/m1../s1. The molecule has 3 aromatic carbocycles. The highest BCUT2D eigenvalue weighted by Crippen LogP contribution is 2.49. The van der Waals surface area contributed by atoms with E-state index in [-0.39, 0.29) is 126 Å². The molecule has 3 atom stereocenters. The number of carbonyl (C=O) groups excluding carboxylic acids is 6. The number of urea groups is 1. The summed E-state index contributed by atoms with van der Waals surface area (Å²) >= 11 is 0. The number of nitrogens with two attached hydrogens (primary N) is 2. The first-order chi connectivity index (χ1) is 50.1. The highest BCUT2D eigenvalue weighted by atomic mass is 32.2. The molecule has 2 aliphatic heterocycles. The summed E-state index contributed by atoms with van der Waals surface area (Å²) in [6, 6.07) is 15.5. The van der Waals surface area contributed by atoms with Crippen molar-refractivity contribution in [1.29, 1.82) is 0 Å². The number of ketones is 2. The third-order valence-electron chi connectivity index (χ3n) is 17.7. The van der Waals surface area contributed by atoms with Crippen LogP contribution in [0.25, 0.3) is 0 Å². The molecule has 0 saturated heterocycles. The summed E-state index contributed by atoms with van der Waals surface area (Å²) in [6.07, 6.45) is 10.3. The summed E-state index contributed by atoms with van der Waals surface area (Å²) in [5.74, 6) is -6.72. The number of para-hydroxylation sites is 1. The van der Waals surface area contributed by atoms with Gasteiger partial charge in [-0.15, -0.1) is 12.6 Å². The number of carbonyl (C=O) groups is 7. The molecule has 3 aliphatic rings. The number of guanidine groups is 1. The van der Waals surface area contributed by atoms with E-state index in [4.69, 9.17) is 43.5 Å². The fraction of sp³-hybridized carbons (Fsp3) is 0.486. The van der Waals surface area contributed by atoms with Crippen LogP contribution in [0.5, 0.6) is 5.75 Å². The number of allylic oxidation sites excluding steroid dienone is 7. The van der Waals surface area contributed by atoms with E-state index < -0.39 is 123 Å². The number of unbranched alkanes of at least 4 members (excludes halogenated alkanes) is 3. The lowest BCUT2D eigenvalue weighted by Crippen LogP contribution is -2.46.